The van der Waals surface area contributed by atoms with E-state index in [9.17, 15) is 9.59 Å². The van der Waals surface area contributed by atoms with Gasteiger partial charge >= 0.3 is 0 Å². The zero-order valence-electron chi connectivity index (χ0n) is 18.5. The van der Waals surface area contributed by atoms with Gasteiger partial charge in [0, 0.05) is 12.6 Å². The number of ether oxygens (including phenoxy) is 1. The standard InChI is InChI=1S/C26H25N3O3/c1-17-22(19-13-15-21(32-4)16-14-19)11-8-12-23(17)25(30)27-24-18(2)28(3)29(26(24)31)20-9-6-5-7-10-20/h5-16H,1-4H3,(H,27,30). The molecule has 1 amide bonds. The van der Waals surface area contributed by atoms with E-state index in [0.29, 0.717) is 11.3 Å². The predicted molar refractivity (Wildman–Crippen MR) is 127 cm³/mol. The van der Waals surface area contributed by atoms with Gasteiger partial charge in [-0.2, -0.15) is 0 Å². The van der Waals surface area contributed by atoms with E-state index in [4.69, 9.17) is 4.74 Å². The Labute approximate surface area is 186 Å². The molecular weight excluding hydrogens is 402 g/mol. The molecule has 32 heavy (non-hydrogen) atoms. The van der Waals surface area contributed by atoms with Crippen LogP contribution < -0.4 is 15.6 Å². The van der Waals surface area contributed by atoms with Crippen LogP contribution in [0.15, 0.2) is 77.6 Å². The van der Waals surface area contributed by atoms with Crippen LogP contribution in [0.25, 0.3) is 16.8 Å². The van der Waals surface area contributed by atoms with Crippen molar-refractivity contribution in [2.45, 2.75) is 13.8 Å². The molecule has 0 unspecified atom stereocenters. The van der Waals surface area contributed by atoms with E-state index in [2.05, 4.69) is 5.32 Å². The van der Waals surface area contributed by atoms with E-state index in [0.717, 1.165) is 28.1 Å². The Balaban J connectivity index is 1.69. The molecule has 3 aromatic carbocycles. The summed E-state index contributed by atoms with van der Waals surface area (Å²) >= 11 is 0. The average molecular weight is 428 g/mol. The highest BCUT2D eigenvalue weighted by molar-refractivity contribution is 6.06. The van der Waals surface area contributed by atoms with E-state index >= 15 is 0 Å². The molecule has 6 nitrogen and oxygen atoms in total. The van der Waals surface area contributed by atoms with E-state index in [1.165, 1.54) is 0 Å². The van der Waals surface area contributed by atoms with Gasteiger partial charge in [0.25, 0.3) is 11.5 Å². The van der Waals surface area contributed by atoms with E-state index < -0.39 is 0 Å². The van der Waals surface area contributed by atoms with Crippen molar-refractivity contribution in [2.24, 2.45) is 7.05 Å². The van der Waals surface area contributed by atoms with Crippen molar-refractivity contribution in [3.63, 3.8) is 0 Å². The first-order chi connectivity index (χ1) is 15.4. The molecule has 0 spiro atoms. The molecule has 0 aliphatic heterocycles. The minimum Gasteiger partial charge on any atom is -0.497 e. The van der Waals surface area contributed by atoms with Crippen molar-refractivity contribution < 1.29 is 9.53 Å². The topological polar surface area (TPSA) is 65.3 Å². The van der Waals surface area contributed by atoms with Crippen molar-refractivity contribution in [2.75, 3.05) is 12.4 Å². The summed E-state index contributed by atoms with van der Waals surface area (Å²) in [6.45, 7) is 3.73. The van der Waals surface area contributed by atoms with Gasteiger partial charge in [-0.25, -0.2) is 4.68 Å². The molecule has 4 aromatic rings. The number of amides is 1. The fourth-order valence-electron chi connectivity index (χ4n) is 3.86. The average Bonchev–Trinajstić information content (AvgIpc) is 3.03. The third kappa shape index (κ3) is 3.71. The Morgan fingerprint density at radius 3 is 2.25 bits per heavy atom. The Morgan fingerprint density at radius 2 is 1.59 bits per heavy atom. The van der Waals surface area contributed by atoms with Crippen LogP contribution in [0.2, 0.25) is 0 Å². The van der Waals surface area contributed by atoms with Gasteiger partial charge in [0.05, 0.1) is 18.5 Å². The molecule has 1 aromatic heterocycles. The summed E-state index contributed by atoms with van der Waals surface area (Å²) in [5, 5.41) is 2.85. The van der Waals surface area contributed by atoms with E-state index in [-0.39, 0.29) is 17.2 Å². The number of benzene rings is 3. The number of carbonyl (C=O) groups excluding carboxylic acids is 1. The minimum atomic E-state index is -0.316. The summed E-state index contributed by atoms with van der Waals surface area (Å²) in [7, 11) is 3.43. The van der Waals surface area contributed by atoms with Crippen LogP contribution in [0.5, 0.6) is 5.75 Å². The highest BCUT2D eigenvalue weighted by Gasteiger charge is 2.20. The monoisotopic (exact) mass is 427 g/mol. The summed E-state index contributed by atoms with van der Waals surface area (Å²) in [4.78, 5) is 26.3. The van der Waals surface area contributed by atoms with Crippen LogP contribution in [0.1, 0.15) is 21.6 Å². The normalized spacial score (nSPS) is 10.8. The second-order valence-corrected chi connectivity index (χ2v) is 7.60. The second kappa shape index (κ2) is 8.59. The molecular formula is C26H25N3O3. The van der Waals surface area contributed by atoms with Crippen LogP contribution in [0.3, 0.4) is 0 Å². The fourth-order valence-corrected chi connectivity index (χ4v) is 3.86. The molecule has 0 fully saturated rings. The summed E-state index contributed by atoms with van der Waals surface area (Å²) in [5.41, 5.74) is 4.72. The Morgan fingerprint density at radius 1 is 0.906 bits per heavy atom. The van der Waals surface area contributed by atoms with Crippen LogP contribution in [0, 0.1) is 13.8 Å². The smallest absolute Gasteiger partial charge is 0.295 e. The molecule has 0 aliphatic carbocycles. The largest absolute Gasteiger partial charge is 0.497 e. The second-order valence-electron chi connectivity index (χ2n) is 7.60. The number of methoxy groups -OCH3 is 1. The molecule has 1 N–H and O–H groups in total. The van der Waals surface area contributed by atoms with Gasteiger partial charge in [-0.15, -0.1) is 0 Å². The lowest BCUT2D eigenvalue weighted by Gasteiger charge is -2.12. The molecule has 0 atom stereocenters. The zero-order chi connectivity index (χ0) is 22.8. The van der Waals surface area contributed by atoms with E-state index in [1.54, 1.807) is 29.6 Å². The van der Waals surface area contributed by atoms with Crippen LogP contribution in [-0.4, -0.2) is 22.4 Å². The third-order valence-electron chi connectivity index (χ3n) is 5.77. The highest BCUT2D eigenvalue weighted by Crippen LogP contribution is 2.28. The van der Waals surface area contributed by atoms with Gasteiger partial charge in [0.2, 0.25) is 0 Å². The molecule has 0 saturated carbocycles. The minimum absolute atomic E-state index is 0.270. The lowest BCUT2D eigenvalue weighted by atomic mass is 9.96. The Bertz CT molecular complexity index is 1330. The highest BCUT2D eigenvalue weighted by atomic mass is 16.5. The van der Waals surface area contributed by atoms with Crippen LogP contribution in [-0.2, 0) is 7.05 Å². The van der Waals surface area contributed by atoms with Crippen molar-refractivity contribution in [1.29, 1.82) is 0 Å². The van der Waals surface area contributed by atoms with Crippen LogP contribution >= 0.6 is 0 Å². The Hall–Kier alpha value is -4.06. The zero-order valence-corrected chi connectivity index (χ0v) is 18.5. The molecule has 1 heterocycles. The number of nitrogens with one attached hydrogen (secondary N) is 1. The number of anilines is 1. The number of hydrogen-bond acceptors (Lipinski definition) is 3. The maximum absolute atomic E-state index is 13.2. The maximum atomic E-state index is 13.2. The molecule has 0 radical (unpaired) electrons. The first-order valence-electron chi connectivity index (χ1n) is 10.3. The number of carbonyl (C=O) groups is 1. The first-order valence-corrected chi connectivity index (χ1v) is 10.3. The summed E-state index contributed by atoms with van der Waals surface area (Å²) in [6.07, 6.45) is 0. The molecule has 0 saturated heterocycles. The number of rotatable bonds is 5. The summed E-state index contributed by atoms with van der Waals surface area (Å²) in [6, 6.07) is 22.6. The molecule has 0 bridgehead atoms. The number of aromatic nitrogens is 2. The van der Waals surface area contributed by atoms with Gasteiger partial charge in [-0.3, -0.25) is 14.3 Å². The Kier molecular flexibility index (Phi) is 5.69. The molecule has 162 valence electrons. The van der Waals surface area contributed by atoms with Crippen molar-refractivity contribution in [1.82, 2.24) is 9.36 Å². The van der Waals surface area contributed by atoms with Gasteiger partial charge in [-0.05, 0) is 60.9 Å². The summed E-state index contributed by atoms with van der Waals surface area (Å²) < 4.78 is 8.52. The predicted octanol–water partition coefficient (Wildman–Crippen LogP) is 4.72. The number of hydrogen-bond donors (Lipinski definition) is 1. The third-order valence-corrected chi connectivity index (χ3v) is 5.77. The molecule has 6 heteroatoms. The van der Waals surface area contributed by atoms with Crippen molar-refractivity contribution in [3.8, 4) is 22.6 Å². The molecule has 4 rings (SSSR count). The van der Waals surface area contributed by atoms with Crippen molar-refractivity contribution in [3.05, 3.63) is 100.0 Å². The van der Waals surface area contributed by atoms with Gasteiger partial charge < -0.3 is 10.1 Å². The lowest BCUT2D eigenvalue weighted by Crippen LogP contribution is -2.23. The van der Waals surface area contributed by atoms with Gasteiger partial charge in [-0.1, -0.05) is 42.5 Å². The summed E-state index contributed by atoms with van der Waals surface area (Å²) in [5.74, 6) is 0.457. The number of nitrogens with zero attached hydrogens (tertiary/aromatic N) is 2. The maximum Gasteiger partial charge on any atom is 0.295 e. The van der Waals surface area contributed by atoms with Gasteiger partial charge in [0.15, 0.2) is 0 Å². The SMILES string of the molecule is COc1ccc(-c2cccc(C(=O)Nc3c(C)n(C)n(-c4ccccc4)c3=O)c2C)cc1. The van der Waals surface area contributed by atoms with E-state index in [1.807, 2.05) is 80.6 Å². The number of para-hydroxylation sites is 1. The first kappa shape index (κ1) is 21.2. The lowest BCUT2D eigenvalue weighted by molar-refractivity contribution is 0.102. The van der Waals surface area contributed by atoms with Crippen molar-refractivity contribution >= 4 is 11.6 Å². The van der Waals surface area contributed by atoms with Crippen LogP contribution in [0.4, 0.5) is 5.69 Å². The quantitative estimate of drug-likeness (QED) is 0.501. The van der Waals surface area contributed by atoms with Gasteiger partial charge in [0.1, 0.15) is 11.4 Å². The fraction of sp³-hybridized carbons (Fsp3) is 0.154. The molecule has 0 aliphatic rings.